The number of carbonyl (C=O) groups excluding carboxylic acids is 4. The minimum atomic E-state index is -0.267. The van der Waals surface area contributed by atoms with Crippen LogP contribution in [0, 0.1) is 0 Å². The third-order valence-corrected chi connectivity index (χ3v) is 14.8. The summed E-state index contributed by atoms with van der Waals surface area (Å²) in [5.74, 6) is -0.00775. The highest BCUT2D eigenvalue weighted by molar-refractivity contribution is 7.20. The van der Waals surface area contributed by atoms with Gasteiger partial charge < -0.3 is 10.6 Å². The summed E-state index contributed by atoms with van der Waals surface area (Å²) in [6, 6.07) is 35.7. The molecule has 0 radical (unpaired) electrons. The monoisotopic (exact) mass is 1010 g/mol. The number of hydrazine groups is 2. The van der Waals surface area contributed by atoms with Gasteiger partial charge in [0.15, 0.2) is 0 Å². The first-order chi connectivity index (χ1) is 34.5. The Balaban J connectivity index is 0.000000176. The van der Waals surface area contributed by atoms with Crippen LogP contribution in [0.2, 0.25) is 5.02 Å². The van der Waals surface area contributed by atoms with E-state index in [2.05, 4.69) is 51.7 Å². The lowest BCUT2D eigenvalue weighted by atomic mass is 10.1. The topological polar surface area (TPSA) is 187 Å². The number of H-pyrrole nitrogens is 2. The fourth-order valence-electron chi connectivity index (χ4n) is 8.54. The first-order valence-corrected chi connectivity index (χ1v) is 25.7. The number of anilines is 4. The van der Waals surface area contributed by atoms with Gasteiger partial charge in [-0.1, -0.05) is 66.9 Å². The van der Waals surface area contributed by atoms with Gasteiger partial charge in [0, 0.05) is 43.3 Å². The number of halogens is 1. The summed E-state index contributed by atoms with van der Waals surface area (Å²) < 4.78 is 0. The van der Waals surface area contributed by atoms with Gasteiger partial charge in [0.05, 0.1) is 31.9 Å². The fraction of sp³-hybridized carbons (Fsp3) is 0.269. The van der Waals surface area contributed by atoms with E-state index in [0.717, 1.165) is 50.6 Å². The van der Waals surface area contributed by atoms with E-state index >= 15 is 0 Å². The van der Waals surface area contributed by atoms with Crippen LogP contribution in [0.3, 0.4) is 0 Å². The van der Waals surface area contributed by atoms with Crippen molar-refractivity contribution in [3.8, 4) is 0 Å². The van der Waals surface area contributed by atoms with Crippen LogP contribution in [-0.2, 0) is 13.1 Å². The molecular weight excluding hydrogens is 956 g/mol. The molecule has 4 aromatic carbocycles. The van der Waals surface area contributed by atoms with Crippen molar-refractivity contribution in [3.63, 3.8) is 0 Å². The van der Waals surface area contributed by atoms with E-state index in [1.165, 1.54) is 72.3 Å². The zero-order valence-electron chi connectivity index (χ0n) is 39.5. The molecule has 19 heteroatoms. The van der Waals surface area contributed by atoms with Crippen molar-refractivity contribution in [1.29, 1.82) is 0 Å². The van der Waals surface area contributed by atoms with E-state index < -0.39 is 0 Å². The van der Waals surface area contributed by atoms with Crippen LogP contribution in [0.4, 0.5) is 23.0 Å². The third-order valence-electron chi connectivity index (χ3n) is 12.5. The molecule has 4 aromatic heterocycles. The summed E-state index contributed by atoms with van der Waals surface area (Å²) in [5.41, 5.74) is 10.9. The van der Waals surface area contributed by atoms with Crippen molar-refractivity contribution in [2.45, 2.75) is 51.6 Å². The molecule has 6 heterocycles. The fourth-order valence-corrected chi connectivity index (χ4v) is 10.4. The second-order valence-electron chi connectivity index (χ2n) is 17.6. The van der Waals surface area contributed by atoms with Gasteiger partial charge in [0.2, 0.25) is 0 Å². The quantitative estimate of drug-likeness (QED) is 0.0573. The van der Waals surface area contributed by atoms with E-state index in [-0.39, 0.29) is 23.6 Å². The molecule has 10 rings (SSSR count). The molecule has 2 saturated heterocycles. The van der Waals surface area contributed by atoms with Crippen LogP contribution in [0.25, 0.3) is 20.4 Å². The molecule has 0 spiro atoms. The highest BCUT2D eigenvalue weighted by atomic mass is 35.5. The third kappa shape index (κ3) is 12.5. The number of piperidine rings is 2. The molecule has 6 N–H and O–H groups in total. The number of thiophene rings is 2. The zero-order chi connectivity index (χ0) is 49.3. The molecule has 2 fully saturated rings. The molecule has 8 aromatic rings. The Labute approximate surface area is 424 Å². The number of carbonyl (C=O) groups is 4. The standard InChI is InChI=1S/C26H27ClN6O2S.C26H28N6O2S/c1-32(20-11-9-19(27)10-12-20)31-25(35)22-15-21-23(29-30-26(21)36-22)28-24(34)18-7-5-17(6-8-18)16-33-13-3-2-4-14-33;1-31(20-8-4-2-5-9-20)30-25(34)22-16-21-23(28-29-26(21)35-22)27-24(33)19-12-10-18(11-13-19)17-32-14-6-3-7-15-32/h5-12,15H,2-4,13-14,16H2,1H3,(H,31,35)(H2,28,29,30,34);2,4-5,8-13,16H,3,6-7,14-15,17H2,1H3,(H,30,34)(H2,27,28,29,33). The van der Waals surface area contributed by atoms with Gasteiger partial charge in [0.25, 0.3) is 23.6 Å². The first-order valence-electron chi connectivity index (χ1n) is 23.6. The average Bonchev–Trinajstić information content (AvgIpc) is 4.20. The van der Waals surface area contributed by atoms with E-state index in [4.69, 9.17) is 11.6 Å². The number of aromatic amines is 2. The number of hydrogen-bond donors (Lipinski definition) is 6. The number of benzene rings is 4. The molecule has 2 aliphatic heterocycles. The molecule has 366 valence electrons. The molecule has 0 saturated carbocycles. The van der Waals surface area contributed by atoms with Crippen molar-refractivity contribution in [2.75, 3.05) is 60.9 Å². The number of rotatable bonds is 14. The number of aromatic nitrogens is 4. The lowest BCUT2D eigenvalue weighted by molar-refractivity contribution is 0.0947. The summed E-state index contributed by atoms with van der Waals surface area (Å²) in [4.78, 5) is 58.5. The highest BCUT2D eigenvalue weighted by Gasteiger charge is 2.21. The van der Waals surface area contributed by atoms with Crippen molar-refractivity contribution in [3.05, 3.63) is 152 Å². The second-order valence-corrected chi connectivity index (χ2v) is 20.1. The molecule has 2 aliphatic rings. The smallest absolute Gasteiger partial charge is 0.279 e. The van der Waals surface area contributed by atoms with Crippen LogP contribution < -0.4 is 31.5 Å². The zero-order valence-corrected chi connectivity index (χ0v) is 41.9. The number of hydrogen-bond acceptors (Lipinski definition) is 12. The molecule has 0 aliphatic carbocycles. The van der Waals surface area contributed by atoms with Crippen molar-refractivity contribution in [1.82, 2.24) is 41.0 Å². The summed E-state index contributed by atoms with van der Waals surface area (Å²) in [6.07, 6.45) is 7.66. The molecule has 0 unspecified atom stereocenters. The van der Waals surface area contributed by atoms with Crippen molar-refractivity contribution >= 4 is 101 Å². The average molecular weight is 1010 g/mol. The van der Waals surface area contributed by atoms with E-state index in [1.807, 2.05) is 91.0 Å². The van der Waals surface area contributed by atoms with E-state index in [1.54, 1.807) is 48.4 Å². The number of likely N-dealkylation sites (tertiary alicyclic amines) is 2. The van der Waals surface area contributed by atoms with Gasteiger partial charge >= 0.3 is 0 Å². The highest BCUT2D eigenvalue weighted by Crippen LogP contribution is 2.31. The number of para-hydroxylation sites is 1. The summed E-state index contributed by atoms with van der Waals surface area (Å²) >= 11 is 8.45. The maximum absolute atomic E-state index is 12.9. The Morgan fingerprint density at radius 2 is 0.958 bits per heavy atom. The number of nitrogens with one attached hydrogen (secondary N) is 6. The Hall–Kier alpha value is -7.09. The van der Waals surface area contributed by atoms with Crippen LogP contribution in [-0.4, -0.2) is 94.1 Å². The normalized spacial score (nSPS) is 14.1. The number of fused-ring (bicyclic) bond motifs is 2. The predicted octanol–water partition coefficient (Wildman–Crippen LogP) is 9.94. The Kier molecular flexibility index (Phi) is 15.7. The Morgan fingerprint density at radius 3 is 1.38 bits per heavy atom. The van der Waals surface area contributed by atoms with E-state index in [0.29, 0.717) is 58.0 Å². The molecule has 0 atom stereocenters. The second kappa shape index (κ2) is 22.8. The first kappa shape index (κ1) is 48.9. The summed E-state index contributed by atoms with van der Waals surface area (Å²) in [5, 5.41) is 25.4. The van der Waals surface area contributed by atoms with Gasteiger partial charge in [0.1, 0.15) is 21.3 Å². The minimum absolute atomic E-state index is 0.221. The lowest BCUT2D eigenvalue weighted by Crippen LogP contribution is -2.38. The van der Waals surface area contributed by atoms with Gasteiger partial charge in [-0.2, -0.15) is 10.2 Å². The van der Waals surface area contributed by atoms with Crippen molar-refractivity contribution < 1.29 is 19.2 Å². The summed E-state index contributed by atoms with van der Waals surface area (Å²) in [6.45, 7) is 6.38. The van der Waals surface area contributed by atoms with Gasteiger partial charge in [-0.25, -0.2) is 0 Å². The number of amides is 4. The minimum Gasteiger partial charge on any atom is -0.306 e. The maximum atomic E-state index is 12.9. The molecule has 0 bridgehead atoms. The Bertz CT molecular complexity index is 3090. The maximum Gasteiger partial charge on any atom is 0.279 e. The van der Waals surface area contributed by atoms with Gasteiger partial charge in [-0.05, 0) is 136 Å². The molecule has 4 amide bonds. The summed E-state index contributed by atoms with van der Waals surface area (Å²) in [7, 11) is 3.54. The molecule has 71 heavy (non-hydrogen) atoms. The predicted molar refractivity (Wildman–Crippen MR) is 285 cm³/mol. The van der Waals surface area contributed by atoms with Crippen LogP contribution in [0.1, 0.15) is 89.7 Å². The lowest BCUT2D eigenvalue weighted by Gasteiger charge is -2.26. The number of nitrogens with zero attached hydrogens (tertiary/aromatic N) is 6. The largest absolute Gasteiger partial charge is 0.306 e. The Morgan fingerprint density at radius 1 is 0.549 bits per heavy atom. The van der Waals surface area contributed by atoms with Crippen molar-refractivity contribution in [2.24, 2.45) is 0 Å². The molecule has 16 nitrogen and oxygen atoms in total. The molecular formula is C52H55ClN12O4S2. The van der Waals surface area contributed by atoms with Crippen LogP contribution in [0.15, 0.2) is 115 Å². The van der Waals surface area contributed by atoms with Gasteiger partial charge in [-0.15, -0.1) is 22.7 Å². The van der Waals surface area contributed by atoms with Crippen LogP contribution in [0.5, 0.6) is 0 Å². The van der Waals surface area contributed by atoms with E-state index in [9.17, 15) is 19.2 Å². The SMILES string of the molecule is CN(NC(=O)c1cc2c(NC(=O)c3ccc(CN4CCCCC4)cc3)[nH]nc2s1)c1ccc(Cl)cc1.CN(NC(=O)c1cc2c(NC(=O)c3ccc(CN4CCCCC4)cc3)[nH]nc2s1)c1ccccc1. The van der Waals surface area contributed by atoms with Crippen LogP contribution >= 0.6 is 34.3 Å². The van der Waals surface area contributed by atoms with Gasteiger partial charge in [-0.3, -0.25) is 60.0 Å².